The second-order valence-corrected chi connectivity index (χ2v) is 3.95. The van der Waals surface area contributed by atoms with Crippen molar-refractivity contribution in [3.8, 4) is 0 Å². The Labute approximate surface area is 93.5 Å². The van der Waals surface area contributed by atoms with Crippen LogP contribution >= 0.6 is 0 Å². The van der Waals surface area contributed by atoms with Gasteiger partial charge in [0, 0.05) is 0 Å². The third-order valence-electron chi connectivity index (χ3n) is 2.38. The Morgan fingerprint density at radius 3 is 2.38 bits per heavy atom. The summed E-state index contributed by atoms with van der Waals surface area (Å²) in [5, 5.41) is 0. The summed E-state index contributed by atoms with van der Waals surface area (Å²) in [6.45, 7) is 2.26. The van der Waals surface area contributed by atoms with E-state index in [0.717, 1.165) is 18.4 Å². The van der Waals surface area contributed by atoms with Gasteiger partial charge >= 0.3 is 6.18 Å². The molecule has 0 saturated carbocycles. The molecule has 0 aliphatic rings. The van der Waals surface area contributed by atoms with Crippen molar-refractivity contribution >= 4 is 0 Å². The molecule has 0 bridgehead atoms. The SMILES string of the molecule is Cc1cc(CCCCN)cc(C(F)(F)F)c1. The average Bonchev–Trinajstić information content (AvgIpc) is 2.16. The number of aryl methyl sites for hydroxylation is 2. The maximum Gasteiger partial charge on any atom is 0.416 e. The Morgan fingerprint density at radius 1 is 1.12 bits per heavy atom. The lowest BCUT2D eigenvalue weighted by atomic mass is 10.0. The molecule has 0 saturated heterocycles. The fraction of sp³-hybridized carbons (Fsp3) is 0.500. The normalized spacial score (nSPS) is 11.8. The number of rotatable bonds is 4. The first kappa shape index (κ1) is 13.0. The number of hydrogen-bond donors (Lipinski definition) is 1. The predicted octanol–water partition coefficient (Wildman–Crippen LogP) is 3.30. The second-order valence-electron chi connectivity index (χ2n) is 3.95. The van der Waals surface area contributed by atoms with E-state index in [-0.39, 0.29) is 0 Å². The number of alkyl halides is 3. The Kier molecular flexibility index (Phi) is 4.35. The standard InChI is InChI=1S/C12H16F3N/c1-9-6-10(4-2-3-5-16)8-11(7-9)12(13,14)15/h6-8H,2-5,16H2,1H3. The molecule has 0 aliphatic carbocycles. The van der Waals surface area contributed by atoms with Crippen LogP contribution in [0.1, 0.15) is 29.5 Å². The Hall–Kier alpha value is -1.03. The molecule has 0 aromatic heterocycles. The third kappa shape index (κ3) is 3.85. The van der Waals surface area contributed by atoms with Crippen LogP contribution in [0, 0.1) is 6.92 Å². The van der Waals surface area contributed by atoms with Crippen LogP contribution in [0.5, 0.6) is 0 Å². The van der Waals surface area contributed by atoms with E-state index in [1.54, 1.807) is 13.0 Å². The largest absolute Gasteiger partial charge is 0.416 e. The molecule has 0 aliphatic heterocycles. The lowest BCUT2D eigenvalue weighted by Crippen LogP contribution is -2.06. The fourth-order valence-electron chi connectivity index (χ4n) is 1.64. The van der Waals surface area contributed by atoms with Gasteiger partial charge in [-0.3, -0.25) is 0 Å². The van der Waals surface area contributed by atoms with Crippen molar-refractivity contribution in [3.63, 3.8) is 0 Å². The van der Waals surface area contributed by atoms with Crippen molar-refractivity contribution in [2.24, 2.45) is 5.73 Å². The minimum absolute atomic E-state index is 0.560. The minimum atomic E-state index is -4.26. The summed E-state index contributed by atoms with van der Waals surface area (Å²) in [5.74, 6) is 0. The molecule has 1 nitrogen and oxygen atoms in total. The lowest BCUT2D eigenvalue weighted by molar-refractivity contribution is -0.137. The highest BCUT2D eigenvalue weighted by atomic mass is 19.4. The molecular weight excluding hydrogens is 215 g/mol. The van der Waals surface area contributed by atoms with Crippen molar-refractivity contribution in [3.05, 3.63) is 34.9 Å². The first-order chi connectivity index (χ1) is 7.43. The van der Waals surface area contributed by atoms with Crippen molar-refractivity contribution in [2.45, 2.75) is 32.4 Å². The van der Waals surface area contributed by atoms with E-state index in [1.807, 2.05) is 0 Å². The molecule has 0 atom stereocenters. The number of halogens is 3. The maximum absolute atomic E-state index is 12.5. The van der Waals surface area contributed by atoms with Crippen LogP contribution in [0.2, 0.25) is 0 Å². The molecule has 4 heteroatoms. The molecular formula is C12H16F3N. The first-order valence-electron chi connectivity index (χ1n) is 5.31. The Morgan fingerprint density at radius 2 is 1.81 bits per heavy atom. The summed E-state index contributed by atoms with van der Waals surface area (Å²) in [7, 11) is 0. The van der Waals surface area contributed by atoms with Gasteiger partial charge < -0.3 is 5.73 Å². The topological polar surface area (TPSA) is 26.0 Å². The van der Waals surface area contributed by atoms with Crippen molar-refractivity contribution in [1.82, 2.24) is 0 Å². The number of benzene rings is 1. The van der Waals surface area contributed by atoms with Gasteiger partial charge in [-0.15, -0.1) is 0 Å². The van der Waals surface area contributed by atoms with E-state index in [9.17, 15) is 13.2 Å². The molecule has 0 heterocycles. The van der Waals surface area contributed by atoms with Gasteiger partial charge in [-0.2, -0.15) is 13.2 Å². The second kappa shape index (κ2) is 5.34. The highest BCUT2D eigenvalue weighted by molar-refractivity contribution is 5.31. The van der Waals surface area contributed by atoms with Crippen LogP contribution < -0.4 is 5.73 Å². The molecule has 0 spiro atoms. The summed E-state index contributed by atoms with van der Waals surface area (Å²) < 4.78 is 37.5. The van der Waals surface area contributed by atoms with Crippen molar-refractivity contribution < 1.29 is 13.2 Å². The van der Waals surface area contributed by atoms with E-state index in [1.165, 1.54) is 12.1 Å². The zero-order chi connectivity index (χ0) is 12.2. The Balaban J connectivity index is 2.82. The van der Waals surface area contributed by atoms with E-state index >= 15 is 0 Å². The van der Waals surface area contributed by atoms with E-state index in [2.05, 4.69) is 0 Å². The van der Waals surface area contributed by atoms with Gasteiger partial charge in [-0.05, 0) is 50.4 Å². The third-order valence-corrected chi connectivity index (χ3v) is 2.38. The van der Waals surface area contributed by atoms with E-state index in [0.29, 0.717) is 18.5 Å². The molecule has 16 heavy (non-hydrogen) atoms. The molecule has 0 amide bonds. The van der Waals surface area contributed by atoms with Crippen LogP contribution in [0.3, 0.4) is 0 Å². The van der Waals surface area contributed by atoms with Crippen molar-refractivity contribution in [2.75, 3.05) is 6.54 Å². The smallest absolute Gasteiger partial charge is 0.330 e. The molecule has 0 radical (unpaired) electrons. The van der Waals surface area contributed by atoms with Gasteiger partial charge in [-0.1, -0.05) is 11.6 Å². The first-order valence-corrected chi connectivity index (χ1v) is 5.31. The number of unbranched alkanes of at least 4 members (excludes halogenated alkanes) is 1. The zero-order valence-corrected chi connectivity index (χ0v) is 9.27. The van der Waals surface area contributed by atoms with Gasteiger partial charge in [0.15, 0.2) is 0 Å². The molecule has 1 aromatic rings. The number of nitrogens with two attached hydrogens (primary N) is 1. The summed E-state index contributed by atoms with van der Waals surface area (Å²) in [4.78, 5) is 0. The van der Waals surface area contributed by atoms with Crippen LogP contribution in [0.15, 0.2) is 18.2 Å². The number of hydrogen-bond acceptors (Lipinski definition) is 1. The molecule has 90 valence electrons. The minimum Gasteiger partial charge on any atom is -0.330 e. The maximum atomic E-state index is 12.5. The lowest BCUT2D eigenvalue weighted by Gasteiger charge is -2.10. The van der Waals surface area contributed by atoms with E-state index in [4.69, 9.17) is 5.73 Å². The van der Waals surface area contributed by atoms with Crippen LogP contribution in [0.4, 0.5) is 13.2 Å². The summed E-state index contributed by atoms with van der Waals surface area (Å²) in [5.41, 5.74) is 6.17. The zero-order valence-electron chi connectivity index (χ0n) is 9.27. The van der Waals surface area contributed by atoms with Crippen molar-refractivity contribution in [1.29, 1.82) is 0 Å². The van der Waals surface area contributed by atoms with Crippen LogP contribution in [-0.4, -0.2) is 6.54 Å². The van der Waals surface area contributed by atoms with Gasteiger partial charge in [-0.25, -0.2) is 0 Å². The van der Waals surface area contributed by atoms with Crippen LogP contribution in [0.25, 0.3) is 0 Å². The summed E-state index contributed by atoms with van der Waals surface area (Å²) in [6.07, 6.45) is -1.93. The predicted molar refractivity (Wildman–Crippen MR) is 58.2 cm³/mol. The van der Waals surface area contributed by atoms with Gasteiger partial charge in [0.25, 0.3) is 0 Å². The van der Waals surface area contributed by atoms with E-state index < -0.39 is 11.7 Å². The van der Waals surface area contributed by atoms with Gasteiger partial charge in [0.2, 0.25) is 0 Å². The average molecular weight is 231 g/mol. The summed E-state index contributed by atoms with van der Waals surface area (Å²) in [6, 6.07) is 4.20. The van der Waals surface area contributed by atoms with Gasteiger partial charge in [0.05, 0.1) is 5.56 Å². The quantitative estimate of drug-likeness (QED) is 0.790. The summed E-state index contributed by atoms with van der Waals surface area (Å²) >= 11 is 0. The monoisotopic (exact) mass is 231 g/mol. The Bertz CT molecular complexity index is 345. The molecule has 1 rings (SSSR count). The fourth-order valence-corrected chi connectivity index (χ4v) is 1.64. The molecule has 1 aromatic carbocycles. The van der Waals surface area contributed by atoms with Gasteiger partial charge in [0.1, 0.15) is 0 Å². The molecule has 0 fully saturated rings. The molecule has 2 N–H and O–H groups in total. The highest BCUT2D eigenvalue weighted by Gasteiger charge is 2.30. The molecule has 0 unspecified atom stereocenters. The highest BCUT2D eigenvalue weighted by Crippen LogP contribution is 2.30. The van der Waals surface area contributed by atoms with Crippen LogP contribution in [-0.2, 0) is 12.6 Å².